The lowest BCUT2D eigenvalue weighted by molar-refractivity contribution is -0.144. The Morgan fingerprint density at radius 3 is 2.62 bits per heavy atom. The van der Waals surface area contributed by atoms with Gasteiger partial charge in [-0.15, -0.1) is 0 Å². The van der Waals surface area contributed by atoms with Gasteiger partial charge in [-0.05, 0) is 25.3 Å². The molecule has 5 nitrogen and oxygen atoms in total. The molecule has 0 radical (unpaired) electrons. The number of ether oxygens (including phenoxy) is 1. The van der Waals surface area contributed by atoms with Gasteiger partial charge in [-0.2, -0.15) is 0 Å². The minimum Gasteiger partial charge on any atom is -0.364 e. The Hall–Kier alpha value is -1.88. The second-order valence-corrected chi connectivity index (χ2v) is 5.47. The van der Waals surface area contributed by atoms with Gasteiger partial charge in [0.05, 0.1) is 13.2 Å². The average molecular weight is 290 g/mol. The largest absolute Gasteiger partial charge is 0.364 e. The van der Waals surface area contributed by atoms with Crippen LogP contribution in [0.2, 0.25) is 0 Å². The summed E-state index contributed by atoms with van der Waals surface area (Å²) in [7, 11) is 1.62. The average Bonchev–Trinajstić information content (AvgIpc) is 3.28. The first-order valence-corrected chi connectivity index (χ1v) is 7.26. The number of likely N-dealkylation sites (N-methyl/N-ethyl adjacent to an activating group) is 1. The molecular formula is C16H22N2O3. The summed E-state index contributed by atoms with van der Waals surface area (Å²) in [5, 5.41) is 2.86. The smallest absolute Gasteiger partial charge is 0.251 e. The molecule has 1 fully saturated rings. The Kier molecular flexibility index (Phi) is 5.33. The maximum Gasteiger partial charge on any atom is 0.251 e. The molecule has 2 amide bonds. The molecule has 1 aromatic rings. The second kappa shape index (κ2) is 7.22. The summed E-state index contributed by atoms with van der Waals surface area (Å²) in [6.45, 7) is 2.17. The molecule has 1 aliphatic rings. The number of amides is 2. The van der Waals surface area contributed by atoms with Crippen LogP contribution in [-0.2, 0) is 20.9 Å². The number of hydrogen-bond donors (Lipinski definition) is 1. The maximum absolute atomic E-state index is 12.1. The van der Waals surface area contributed by atoms with Crippen LogP contribution >= 0.6 is 0 Å². The van der Waals surface area contributed by atoms with Crippen LogP contribution in [0.4, 0.5) is 0 Å². The van der Waals surface area contributed by atoms with Gasteiger partial charge in [0, 0.05) is 13.1 Å². The fourth-order valence-corrected chi connectivity index (χ4v) is 1.97. The Morgan fingerprint density at radius 1 is 1.33 bits per heavy atom. The van der Waals surface area contributed by atoms with Gasteiger partial charge in [0.1, 0.15) is 6.10 Å². The van der Waals surface area contributed by atoms with Crippen molar-refractivity contribution in [3.8, 4) is 0 Å². The molecule has 0 aliphatic heterocycles. The quantitative estimate of drug-likeness (QED) is 0.824. The standard InChI is InChI=1S/C16H22N2O3/c1-12(21-11-13-6-4-3-5-7-13)16(20)18(2)10-15(19)17-14-8-9-14/h3-7,12,14H,8-11H2,1-2H3,(H,17,19)/t12-/m1/s1. The minimum atomic E-state index is -0.566. The lowest BCUT2D eigenvalue weighted by Crippen LogP contribution is -2.43. The van der Waals surface area contributed by atoms with E-state index in [0.717, 1.165) is 18.4 Å². The first kappa shape index (κ1) is 15.5. The highest BCUT2D eigenvalue weighted by molar-refractivity contribution is 5.86. The van der Waals surface area contributed by atoms with Gasteiger partial charge >= 0.3 is 0 Å². The van der Waals surface area contributed by atoms with Gasteiger partial charge in [-0.3, -0.25) is 9.59 Å². The molecule has 5 heteroatoms. The Balaban J connectivity index is 1.73. The number of carbonyl (C=O) groups is 2. The summed E-state index contributed by atoms with van der Waals surface area (Å²) >= 11 is 0. The number of nitrogens with one attached hydrogen (secondary N) is 1. The van der Waals surface area contributed by atoms with E-state index in [4.69, 9.17) is 4.74 Å². The van der Waals surface area contributed by atoms with Crippen molar-refractivity contribution in [1.82, 2.24) is 10.2 Å². The molecule has 0 unspecified atom stereocenters. The Morgan fingerprint density at radius 2 is 2.00 bits per heavy atom. The van der Waals surface area contributed by atoms with Crippen LogP contribution in [0, 0.1) is 0 Å². The van der Waals surface area contributed by atoms with E-state index in [2.05, 4.69) is 5.32 Å². The topological polar surface area (TPSA) is 58.6 Å². The number of carbonyl (C=O) groups excluding carboxylic acids is 2. The molecule has 21 heavy (non-hydrogen) atoms. The third-order valence-corrected chi connectivity index (χ3v) is 3.39. The van der Waals surface area contributed by atoms with E-state index in [9.17, 15) is 9.59 Å². The fourth-order valence-electron chi connectivity index (χ4n) is 1.97. The molecule has 0 heterocycles. The van der Waals surface area contributed by atoms with Crippen molar-refractivity contribution in [1.29, 1.82) is 0 Å². The molecule has 0 spiro atoms. The van der Waals surface area contributed by atoms with Gasteiger partial charge in [0.2, 0.25) is 5.91 Å². The van der Waals surface area contributed by atoms with Crippen molar-refractivity contribution in [2.45, 2.75) is 38.5 Å². The van der Waals surface area contributed by atoms with Crippen LogP contribution in [0.5, 0.6) is 0 Å². The molecule has 1 aliphatic carbocycles. The molecule has 1 saturated carbocycles. The van der Waals surface area contributed by atoms with Crippen molar-refractivity contribution in [2.24, 2.45) is 0 Å². The highest BCUT2D eigenvalue weighted by Crippen LogP contribution is 2.18. The predicted molar refractivity (Wildman–Crippen MR) is 79.5 cm³/mol. The molecule has 1 atom stereocenters. The highest BCUT2D eigenvalue weighted by atomic mass is 16.5. The number of benzene rings is 1. The fraction of sp³-hybridized carbons (Fsp3) is 0.500. The SMILES string of the molecule is C[C@@H](OCc1ccccc1)C(=O)N(C)CC(=O)NC1CC1. The number of rotatable bonds is 7. The van der Waals surface area contributed by atoms with Crippen molar-refractivity contribution >= 4 is 11.8 Å². The molecular weight excluding hydrogens is 268 g/mol. The molecule has 0 saturated heterocycles. The number of hydrogen-bond acceptors (Lipinski definition) is 3. The predicted octanol–water partition coefficient (Wildman–Crippen LogP) is 1.33. The van der Waals surface area contributed by atoms with Crippen LogP contribution < -0.4 is 5.32 Å². The lowest BCUT2D eigenvalue weighted by atomic mass is 10.2. The first-order valence-electron chi connectivity index (χ1n) is 7.26. The second-order valence-electron chi connectivity index (χ2n) is 5.47. The van der Waals surface area contributed by atoms with E-state index >= 15 is 0 Å². The van der Waals surface area contributed by atoms with Crippen LogP contribution in [0.25, 0.3) is 0 Å². The van der Waals surface area contributed by atoms with Crippen LogP contribution in [-0.4, -0.2) is 42.5 Å². The van der Waals surface area contributed by atoms with Crippen molar-refractivity contribution in [2.75, 3.05) is 13.6 Å². The normalized spacial score (nSPS) is 15.3. The van der Waals surface area contributed by atoms with Crippen molar-refractivity contribution in [3.05, 3.63) is 35.9 Å². The van der Waals surface area contributed by atoms with Crippen LogP contribution in [0.3, 0.4) is 0 Å². The van der Waals surface area contributed by atoms with Gasteiger partial charge in [0.15, 0.2) is 0 Å². The van der Waals surface area contributed by atoms with E-state index in [1.54, 1.807) is 14.0 Å². The van der Waals surface area contributed by atoms with Crippen molar-refractivity contribution in [3.63, 3.8) is 0 Å². The number of nitrogens with zero attached hydrogens (tertiary/aromatic N) is 1. The van der Waals surface area contributed by atoms with Gasteiger partial charge in [-0.25, -0.2) is 0 Å². The van der Waals surface area contributed by atoms with E-state index < -0.39 is 6.10 Å². The van der Waals surface area contributed by atoms with Gasteiger partial charge in [-0.1, -0.05) is 30.3 Å². The minimum absolute atomic E-state index is 0.0777. The molecule has 1 aromatic carbocycles. The lowest BCUT2D eigenvalue weighted by Gasteiger charge is -2.21. The first-order chi connectivity index (χ1) is 10.1. The van der Waals surface area contributed by atoms with Gasteiger partial charge < -0.3 is 15.0 Å². The van der Waals surface area contributed by atoms with E-state index in [-0.39, 0.29) is 18.4 Å². The molecule has 114 valence electrons. The summed E-state index contributed by atoms with van der Waals surface area (Å²) in [4.78, 5) is 25.2. The summed E-state index contributed by atoms with van der Waals surface area (Å²) in [5.41, 5.74) is 1.02. The summed E-state index contributed by atoms with van der Waals surface area (Å²) in [6.07, 6.45) is 1.52. The maximum atomic E-state index is 12.1. The molecule has 2 rings (SSSR count). The summed E-state index contributed by atoms with van der Waals surface area (Å²) in [5.74, 6) is -0.291. The Labute approximate surface area is 125 Å². The third-order valence-electron chi connectivity index (χ3n) is 3.39. The highest BCUT2D eigenvalue weighted by Gasteiger charge is 2.25. The summed E-state index contributed by atoms with van der Waals surface area (Å²) in [6, 6.07) is 10.0. The zero-order valence-corrected chi connectivity index (χ0v) is 12.5. The van der Waals surface area contributed by atoms with Crippen molar-refractivity contribution < 1.29 is 14.3 Å². The monoisotopic (exact) mass is 290 g/mol. The zero-order valence-electron chi connectivity index (χ0n) is 12.5. The summed E-state index contributed by atoms with van der Waals surface area (Å²) < 4.78 is 5.56. The van der Waals surface area contributed by atoms with E-state index in [1.807, 2.05) is 30.3 Å². The molecule has 0 bridgehead atoms. The van der Waals surface area contributed by atoms with E-state index in [1.165, 1.54) is 4.90 Å². The van der Waals surface area contributed by atoms with Gasteiger partial charge in [0.25, 0.3) is 5.91 Å². The zero-order chi connectivity index (χ0) is 15.2. The van der Waals surface area contributed by atoms with E-state index in [0.29, 0.717) is 12.6 Å². The molecule has 0 aromatic heterocycles. The van der Waals surface area contributed by atoms with Crippen LogP contribution in [0.1, 0.15) is 25.3 Å². The molecule has 1 N–H and O–H groups in total. The van der Waals surface area contributed by atoms with Crippen LogP contribution in [0.15, 0.2) is 30.3 Å². The third kappa shape index (κ3) is 5.19. The Bertz CT molecular complexity index is 486.